The second-order valence-electron chi connectivity index (χ2n) is 5.00. The summed E-state index contributed by atoms with van der Waals surface area (Å²) in [5.41, 5.74) is -0.346. The largest absolute Gasteiger partial charge is 0.507 e. The minimum atomic E-state index is -4.92. The van der Waals surface area contributed by atoms with E-state index in [0.717, 1.165) is 6.07 Å². The molecule has 0 saturated carbocycles. The number of aromatic nitrogens is 3. The Hall–Kier alpha value is -2.69. The molecule has 0 radical (unpaired) electrons. The second-order valence-corrected chi connectivity index (χ2v) is 7.14. The van der Waals surface area contributed by atoms with Crippen molar-refractivity contribution >= 4 is 44.6 Å². The average molecular weight is 434 g/mol. The number of benzene rings is 2. The summed E-state index contributed by atoms with van der Waals surface area (Å²) < 4.78 is 64.1. The summed E-state index contributed by atoms with van der Waals surface area (Å²) in [5.74, 6) is -1.06. The summed E-state index contributed by atoms with van der Waals surface area (Å²) >= 11 is 0.421. The van der Waals surface area contributed by atoms with Crippen molar-refractivity contribution in [2.24, 2.45) is 0 Å². The number of hydrogen-bond acceptors (Lipinski definition) is 11. The fourth-order valence-electron chi connectivity index (χ4n) is 2.34. The van der Waals surface area contributed by atoms with E-state index in [1.54, 1.807) is 0 Å². The predicted octanol–water partition coefficient (Wildman–Crippen LogP) is 2.43. The SMILES string of the molecule is O=S(=O)(O)c1c(Nc2nc(F)nc(F)n2)ccc2c(O)cc(SOOO)cc12. The first kappa shape index (κ1) is 20.1. The van der Waals surface area contributed by atoms with E-state index in [0.29, 0.717) is 12.0 Å². The maximum Gasteiger partial charge on any atom is 0.315 e. The molecule has 0 amide bonds. The summed E-state index contributed by atoms with van der Waals surface area (Å²) in [6.07, 6.45) is -2.91. The Morgan fingerprint density at radius 1 is 1.07 bits per heavy atom. The van der Waals surface area contributed by atoms with Gasteiger partial charge in [-0.3, -0.25) is 4.55 Å². The van der Waals surface area contributed by atoms with Crippen molar-refractivity contribution in [1.29, 1.82) is 0 Å². The molecule has 15 heteroatoms. The number of fused-ring (bicyclic) bond motifs is 1. The molecule has 0 aliphatic heterocycles. The molecule has 148 valence electrons. The van der Waals surface area contributed by atoms with E-state index in [1.807, 2.05) is 0 Å². The summed E-state index contributed by atoms with van der Waals surface area (Å²) in [7, 11) is -4.92. The third-order valence-corrected chi connectivity index (χ3v) is 4.80. The van der Waals surface area contributed by atoms with Crippen LogP contribution in [0, 0.1) is 12.2 Å². The van der Waals surface area contributed by atoms with Crippen LogP contribution in [-0.4, -0.2) is 38.3 Å². The van der Waals surface area contributed by atoms with Gasteiger partial charge in [0.15, 0.2) is 0 Å². The van der Waals surface area contributed by atoms with Gasteiger partial charge in [-0.2, -0.15) is 32.2 Å². The predicted molar refractivity (Wildman–Crippen MR) is 89.1 cm³/mol. The van der Waals surface area contributed by atoms with Gasteiger partial charge in [0.25, 0.3) is 10.1 Å². The Morgan fingerprint density at radius 2 is 1.75 bits per heavy atom. The molecular formula is C13H8F2N4O7S2. The number of phenols is 1. The van der Waals surface area contributed by atoms with Crippen LogP contribution in [0.5, 0.6) is 5.75 Å². The van der Waals surface area contributed by atoms with Crippen LogP contribution in [0.3, 0.4) is 0 Å². The maximum atomic E-state index is 13.2. The third kappa shape index (κ3) is 4.24. The minimum absolute atomic E-state index is 0.0143. The minimum Gasteiger partial charge on any atom is -0.507 e. The Balaban J connectivity index is 2.22. The van der Waals surface area contributed by atoms with Crippen LogP contribution in [-0.2, 0) is 19.5 Å². The van der Waals surface area contributed by atoms with Gasteiger partial charge in [0.1, 0.15) is 10.6 Å². The molecule has 11 nitrogen and oxygen atoms in total. The lowest BCUT2D eigenvalue weighted by atomic mass is 10.1. The van der Waals surface area contributed by atoms with E-state index in [1.165, 1.54) is 18.2 Å². The third-order valence-electron chi connectivity index (χ3n) is 3.28. The van der Waals surface area contributed by atoms with E-state index < -0.39 is 38.9 Å². The van der Waals surface area contributed by atoms with Crippen molar-refractivity contribution in [3.8, 4) is 5.75 Å². The quantitative estimate of drug-likeness (QED) is 0.194. The van der Waals surface area contributed by atoms with Gasteiger partial charge in [-0.25, -0.2) is 5.26 Å². The van der Waals surface area contributed by atoms with E-state index in [-0.39, 0.29) is 21.4 Å². The van der Waals surface area contributed by atoms with Gasteiger partial charge in [0.2, 0.25) is 5.95 Å². The normalized spacial score (nSPS) is 11.7. The van der Waals surface area contributed by atoms with E-state index in [4.69, 9.17) is 5.26 Å². The lowest BCUT2D eigenvalue weighted by Gasteiger charge is -2.13. The average Bonchev–Trinajstić information content (AvgIpc) is 2.57. The van der Waals surface area contributed by atoms with Crippen LogP contribution in [0.15, 0.2) is 34.1 Å². The zero-order valence-electron chi connectivity index (χ0n) is 13.2. The van der Waals surface area contributed by atoms with Crippen molar-refractivity contribution in [2.75, 3.05) is 5.32 Å². The van der Waals surface area contributed by atoms with E-state index in [9.17, 15) is 26.9 Å². The van der Waals surface area contributed by atoms with Crippen LogP contribution >= 0.6 is 12.0 Å². The molecule has 3 rings (SSSR count). The molecule has 0 aliphatic carbocycles. The van der Waals surface area contributed by atoms with Crippen molar-refractivity contribution in [2.45, 2.75) is 9.79 Å². The molecule has 2 aromatic carbocycles. The smallest absolute Gasteiger partial charge is 0.315 e. The molecule has 1 heterocycles. The van der Waals surface area contributed by atoms with Crippen LogP contribution in [0.25, 0.3) is 10.8 Å². The molecule has 0 fully saturated rings. The monoisotopic (exact) mass is 434 g/mol. The van der Waals surface area contributed by atoms with Gasteiger partial charge in [0, 0.05) is 15.7 Å². The fourth-order valence-corrected chi connectivity index (χ4v) is 3.62. The van der Waals surface area contributed by atoms with Gasteiger partial charge in [-0.1, -0.05) is 5.04 Å². The van der Waals surface area contributed by atoms with Crippen molar-refractivity contribution in [3.63, 3.8) is 0 Å². The first-order valence-electron chi connectivity index (χ1n) is 6.95. The van der Waals surface area contributed by atoms with E-state index in [2.05, 4.69) is 29.6 Å². The first-order valence-corrected chi connectivity index (χ1v) is 9.13. The zero-order valence-corrected chi connectivity index (χ0v) is 14.8. The summed E-state index contributed by atoms with van der Waals surface area (Å²) in [6, 6.07) is 4.74. The topological polar surface area (TPSA) is 164 Å². The number of aromatic hydroxyl groups is 1. The number of nitrogens with zero attached hydrogens (tertiary/aromatic N) is 3. The Labute approximate surface area is 158 Å². The molecular weight excluding hydrogens is 426 g/mol. The van der Waals surface area contributed by atoms with Crippen LogP contribution in [0.2, 0.25) is 0 Å². The van der Waals surface area contributed by atoms with Crippen molar-refractivity contribution in [1.82, 2.24) is 15.0 Å². The molecule has 0 saturated heterocycles. The van der Waals surface area contributed by atoms with Crippen LogP contribution in [0.4, 0.5) is 20.4 Å². The number of rotatable bonds is 6. The Bertz CT molecular complexity index is 1140. The highest BCUT2D eigenvalue weighted by Gasteiger charge is 2.23. The standard InChI is InChI=1S/C13H8F2N4O7S2/c14-11-17-12(15)19-13(18-11)16-8-2-1-6-7(10(8)28(22,23)24)3-5(4-9(6)20)27-26-25-21/h1-4,20-21H,(H,22,23,24)(H,16,17,18,19). The van der Waals surface area contributed by atoms with E-state index >= 15 is 0 Å². The Morgan fingerprint density at radius 3 is 2.36 bits per heavy atom. The molecule has 0 bridgehead atoms. The van der Waals surface area contributed by atoms with Gasteiger partial charge >= 0.3 is 12.2 Å². The van der Waals surface area contributed by atoms with Gasteiger partial charge in [-0.15, -0.1) is 4.33 Å². The highest BCUT2D eigenvalue weighted by molar-refractivity contribution is 7.94. The zero-order chi connectivity index (χ0) is 20.5. The van der Waals surface area contributed by atoms with Crippen LogP contribution in [0.1, 0.15) is 0 Å². The number of phenolic OH excluding ortho intramolecular Hbond substituents is 1. The molecule has 1 aromatic heterocycles. The number of halogens is 2. The second kappa shape index (κ2) is 7.74. The first-order chi connectivity index (χ1) is 13.2. The highest BCUT2D eigenvalue weighted by Crippen LogP contribution is 2.38. The van der Waals surface area contributed by atoms with Crippen molar-refractivity contribution < 1.29 is 41.5 Å². The Kier molecular flexibility index (Phi) is 5.54. The van der Waals surface area contributed by atoms with Gasteiger partial charge < -0.3 is 10.4 Å². The molecule has 28 heavy (non-hydrogen) atoms. The van der Waals surface area contributed by atoms with Crippen LogP contribution < -0.4 is 5.32 Å². The molecule has 3 aromatic rings. The highest BCUT2D eigenvalue weighted by atomic mass is 32.2. The lowest BCUT2D eigenvalue weighted by molar-refractivity contribution is -0.432. The lowest BCUT2D eigenvalue weighted by Crippen LogP contribution is -2.08. The fraction of sp³-hybridized carbons (Fsp3) is 0. The molecule has 0 unspecified atom stereocenters. The maximum absolute atomic E-state index is 13.2. The molecule has 0 spiro atoms. The summed E-state index contributed by atoms with van der Waals surface area (Å²) in [6.45, 7) is 0. The van der Waals surface area contributed by atoms with Gasteiger partial charge in [-0.05, 0) is 24.3 Å². The number of anilines is 2. The summed E-state index contributed by atoms with van der Waals surface area (Å²) in [4.78, 5) is 8.39. The van der Waals surface area contributed by atoms with Crippen molar-refractivity contribution in [3.05, 3.63) is 36.4 Å². The molecule has 0 aliphatic rings. The summed E-state index contributed by atoms with van der Waals surface area (Å²) in [5, 5.41) is 23.8. The molecule has 4 N–H and O–H groups in total. The number of nitrogens with one attached hydrogen (secondary N) is 1. The molecule has 0 atom stereocenters. The number of hydrogen-bond donors (Lipinski definition) is 4. The van der Waals surface area contributed by atoms with Gasteiger partial charge in [0.05, 0.1) is 17.7 Å².